The first-order chi connectivity index (χ1) is 23.9. The minimum Gasteiger partial charge on any atom is -0.398 e. The van der Waals surface area contributed by atoms with Gasteiger partial charge in [0.15, 0.2) is 17.3 Å². The molecule has 3 aromatic rings. The lowest BCUT2D eigenvalue weighted by atomic mass is 9.81. The van der Waals surface area contributed by atoms with E-state index in [1.165, 1.54) is 36.4 Å². The normalized spacial score (nSPS) is 14.1. The summed E-state index contributed by atoms with van der Waals surface area (Å²) in [5, 5.41) is 0. The Morgan fingerprint density at radius 3 is 0.904 bits per heavy atom. The summed E-state index contributed by atoms with van der Waals surface area (Å²) in [4.78, 5) is 39.3. The standard InChI is InChI=1S/C34H46N6O9S3/c1-50(44,45)13-10-25(35)32(41)19-4-7-22(28(38)16-19)31(23-8-5-20(17-29(23)39)33(42)26(36)11-14-51(2,46)47)24-9-6-21(18-30(24)40)34(43)27(37)12-15-52(3,48)49/h4-9,16-18,25-27,31H,10-15,35-40H2,1-3H3/t25-,26-,27-/m0/s1. The van der Waals surface area contributed by atoms with Gasteiger partial charge in [0.2, 0.25) is 0 Å². The van der Waals surface area contributed by atoms with E-state index < -0.39 is 70.9 Å². The van der Waals surface area contributed by atoms with Gasteiger partial charge in [-0.15, -0.1) is 0 Å². The van der Waals surface area contributed by atoms with Crippen LogP contribution in [0.2, 0.25) is 0 Å². The molecule has 0 aliphatic rings. The van der Waals surface area contributed by atoms with Gasteiger partial charge in [-0.25, -0.2) is 25.3 Å². The fourth-order valence-corrected chi connectivity index (χ4v) is 7.58. The van der Waals surface area contributed by atoms with Crippen molar-refractivity contribution in [2.24, 2.45) is 17.2 Å². The fraction of sp³-hybridized carbons (Fsp3) is 0.382. The van der Waals surface area contributed by atoms with Gasteiger partial charge in [0.05, 0.1) is 35.4 Å². The van der Waals surface area contributed by atoms with Crippen LogP contribution in [0.15, 0.2) is 54.6 Å². The average Bonchev–Trinajstić information content (AvgIpc) is 3.04. The third-order valence-electron chi connectivity index (χ3n) is 8.46. The first-order valence-electron chi connectivity index (χ1n) is 16.0. The maximum absolute atomic E-state index is 13.1. The predicted molar refractivity (Wildman–Crippen MR) is 203 cm³/mol. The second kappa shape index (κ2) is 16.6. The number of hydrogen-bond donors (Lipinski definition) is 6. The van der Waals surface area contributed by atoms with Gasteiger partial charge in [-0.1, -0.05) is 36.4 Å². The maximum atomic E-state index is 13.1. The number of anilines is 3. The molecule has 0 unspecified atom stereocenters. The van der Waals surface area contributed by atoms with Gasteiger partial charge in [0.25, 0.3) is 0 Å². The van der Waals surface area contributed by atoms with Crippen molar-refractivity contribution in [2.75, 3.05) is 53.2 Å². The summed E-state index contributed by atoms with van der Waals surface area (Å²) in [6.45, 7) is 0. The fourth-order valence-electron chi connectivity index (χ4n) is 5.53. The lowest BCUT2D eigenvalue weighted by Crippen LogP contribution is -2.33. The van der Waals surface area contributed by atoms with Crippen molar-refractivity contribution in [3.63, 3.8) is 0 Å². The summed E-state index contributed by atoms with van der Waals surface area (Å²) >= 11 is 0. The van der Waals surface area contributed by atoms with E-state index >= 15 is 0 Å². The van der Waals surface area contributed by atoms with Gasteiger partial charge in [0, 0.05) is 58.4 Å². The number of sulfone groups is 3. The van der Waals surface area contributed by atoms with Crippen molar-refractivity contribution in [1.29, 1.82) is 0 Å². The van der Waals surface area contributed by atoms with E-state index in [-0.39, 0.29) is 70.3 Å². The Morgan fingerprint density at radius 2 is 0.712 bits per heavy atom. The smallest absolute Gasteiger partial charge is 0.179 e. The number of Topliss-reactive ketones (excluding diaryl/α,β-unsaturated/α-hetero) is 3. The Kier molecular flexibility index (Phi) is 13.5. The number of nitrogen functional groups attached to an aromatic ring is 3. The van der Waals surface area contributed by atoms with Gasteiger partial charge in [0.1, 0.15) is 29.5 Å². The summed E-state index contributed by atoms with van der Waals surface area (Å²) in [7, 11) is -10.1. The second-order valence-corrected chi connectivity index (χ2v) is 19.9. The van der Waals surface area contributed by atoms with Crippen LogP contribution in [0.4, 0.5) is 17.1 Å². The number of ketones is 3. The molecule has 0 bridgehead atoms. The van der Waals surface area contributed by atoms with E-state index in [1.54, 1.807) is 18.2 Å². The Balaban J connectivity index is 2.10. The molecule has 15 nitrogen and oxygen atoms in total. The average molecular weight is 779 g/mol. The molecule has 18 heteroatoms. The molecule has 0 spiro atoms. The Morgan fingerprint density at radius 1 is 0.481 bits per heavy atom. The van der Waals surface area contributed by atoms with E-state index in [1.807, 2.05) is 0 Å². The third-order valence-corrected chi connectivity index (χ3v) is 11.4. The molecular weight excluding hydrogens is 733 g/mol. The van der Waals surface area contributed by atoms with Crippen LogP contribution in [0.1, 0.15) is 72.9 Å². The lowest BCUT2D eigenvalue weighted by molar-refractivity contribution is 0.0952. The van der Waals surface area contributed by atoms with Crippen LogP contribution in [0.25, 0.3) is 0 Å². The van der Waals surface area contributed by atoms with Gasteiger partial charge in [-0.2, -0.15) is 0 Å². The zero-order valence-electron chi connectivity index (χ0n) is 29.1. The summed E-state index contributed by atoms with van der Waals surface area (Å²) < 4.78 is 69.6. The van der Waals surface area contributed by atoms with Gasteiger partial charge >= 0.3 is 0 Å². The van der Waals surface area contributed by atoms with Crippen LogP contribution < -0.4 is 34.4 Å². The molecule has 0 aliphatic carbocycles. The highest BCUT2D eigenvalue weighted by Crippen LogP contribution is 2.41. The molecule has 284 valence electrons. The Hall–Kier alpha value is -4.20. The van der Waals surface area contributed by atoms with Crippen LogP contribution in [0.5, 0.6) is 0 Å². The molecule has 0 saturated carbocycles. The van der Waals surface area contributed by atoms with Crippen LogP contribution in [0, 0.1) is 0 Å². The minimum absolute atomic E-state index is 0.0962. The van der Waals surface area contributed by atoms with E-state index in [9.17, 15) is 39.6 Å². The molecule has 0 aliphatic heterocycles. The third kappa shape index (κ3) is 11.7. The first-order valence-corrected chi connectivity index (χ1v) is 22.2. The van der Waals surface area contributed by atoms with E-state index in [0.717, 1.165) is 18.8 Å². The largest absolute Gasteiger partial charge is 0.398 e. The van der Waals surface area contributed by atoms with Crippen LogP contribution >= 0.6 is 0 Å². The van der Waals surface area contributed by atoms with Crippen LogP contribution in [-0.4, -0.2) is 96.8 Å². The van der Waals surface area contributed by atoms with Crippen LogP contribution in [-0.2, 0) is 29.5 Å². The van der Waals surface area contributed by atoms with Crippen molar-refractivity contribution < 1.29 is 39.6 Å². The zero-order chi connectivity index (χ0) is 39.3. The molecule has 0 fully saturated rings. The Labute approximate surface area is 304 Å². The maximum Gasteiger partial charge on any atom is 0.179 e. The number of carbonyl (C=O) groups is 3. The molecule has 0 saturated heterocycles. The lowest BCUT2D eigenvalue weighted by Gasteiger charge is -2.25. The SMILES string of the molecule is CS(=O)(=O)CC[C@H](N)C(=O)c1ccc(C(c2ccc(C(=O)[C@@H](N)CCS(C)(=O)=O)cc2N)c2ccc(C(=O)[C@@H](N)CCS(C)(=O)=O)cc2N)c(N)c1. The monoisotopic (exact) mass is 778 g/mol. The second-order valence-electron chi connectivity index (χ2n) is 13.1. The molecule has 52 heavy (non-hydrogen) atoms. The Bertz CT molecular complexity index is 1940. The molecule has 3 aromatic carbocycles. The van der Waals surface area contributed by atoms with Gasteiger partial charge < -0.3 is 34.4 Å². The van der Waals surface area contributed by atoms with Crippen LogP contribution in [0.3, 0.4) is 0 Å². The summed E-state index contributed by atoms with van der Waals surface area (Å²) in [6, 6.07) is 10.0. The molecule has 3 rings (SSSR count). The molecular formula is C34H46N6O9S3. The number of nitrogens with two attached hydrogens (primary N) is 6. The highest BCUT2D eigenvalue weighted by atomic mass is 32.2. The molecule has 12 N–H and O–H groups in total. The number of carbonyl (C=O) groups excluding carboxylic acids is 3. The molecule has 0 aromatic heterocycles. The highest BCUT2D eigenvalue weighted by Gasteiger charge is 2.28. The number of benzene rings is 3. The van der Waals surface area contributed by atoms with E-state index in [4.69, 9.17) is 34.4 Å². The van der Waals surface area contributed by atoms with Crippen molar-refractivity contribution in [2.45, 2.75) is 43.3 Å². The highest BCUT2D eigenvalue weighted by molar-refractivity contribution is 7.91. The zero-order valence-corrected chi connectivity index (χ0v) is 31.6. The van der Waals surface area contributed by atoms with Gasteiger partial charge in [-0.3, -0.25) is 14.4 Å². The summed E-state index contributed by atoms with van der Waals surface area (Å²) in [5.74, 6) is -3.26. The van der Waals surface area contributed by atoms with E-state index in [0.29, 0.717) is 16.7 Å². The van der Waals surface area contributed by atoms with Crippen molar-refractivity contribution in [1.82, 2.24) is 0 Å². The minimum atomic E-state index is -3.36. The molecule has 0 radical (unpaired) electrons. The topological polar surface area (TPSA) is 310 Å². The first kappa shape index (κ1) is 42.2. The van der Waals surface area contributed by atoms with Crippen molar-refractivity contribution in [3.05, 3.63) is 88.0 Å². The number of rotatable bonds is 18. The van der Waals surface area contributed by atoms with Gasteiger partial charge in [-0.05, 0) is 54.2 Å². The summed E-state index contributed by atoms with van der Waals surface area (Å²) in [6.07, 6.45) is 2.84. The summed E-state index contributed by atoms with van der Waals surface area (Å²) in [5.41, 5.74) is 39.7. The van der Waals surface area contributed by atoms with Crippen molar-refractivity contribution >= 4 is 63.9 Å². The van der Waals surface area contributed by atoms with E-state index in [2.05, 4.69) is 0 Å². The number of hydrogen-bond acceptors (Lipinski definition) is 15. The molecule has 0 amide bonds. The predicted octanol–water partition coefficient (Wildman–Crippen LogP) is 0.448. The quantitative estimate of drug-likeness (QED) is 0.0580. The molecule has 0 heterocycles. The van der Waals surface area contributed by atoms with Crippen molar-refractivity contribution in [3.8, 4) is 0 Å². The molecule has 3 atom stereocenters.